The minimum Gasteiger partial charge on any atom is -0.496 e. The number of benzene rings is 1. The van der Waals surface area contributed by atoms with Crippen LogP contribution >= 0.6 is 0 Å². The summed E-state index contributed by atoms with van der Waals surface area (Å²) in [6.07, 6.45) is 3.19. The number of rotatable bonds is 4. The van der Waals surface area contributed by atoms with E-state index in [-0.39, 0.29) is 0 Å². The molecule has 0 unspecified atom stereocenters. The van der Waals surface area contributed by atoms with Gasteiger partial charge in [-0.15, -0.1) is 0 Å². The summed E-state index contributed by atoms with van der Waals surface area (Å²) in [5.74, 6) is 0.111. The summed E-state index contributed by atoms with van der Waals surface area (Å²) in [6.45, 7) is 0. The van der Waals surface area contributed by atoms with Crippen LogP contribution in [0, 0.1) is 0 Å². The molecule has 3 rings (SSSR count). The Morgan fingerprint density at radius 2 is 1.75 bits per heavy atom. The van der Waals surface area contributed by atoms with Gasteiger partial charge in [-0.05, 0) is 36.4 Å². The van der Waals surface area contributed by atoms with Crippen molar-refractivity contribution in [1.82, 2.24) is 15.0 Å². The number of aromatic nitrogens is 3. The van der Waals surface area contributed by atoms with E-state index >= 15 is 0 Å². The van der Waals surface area contributed by atoms with E-state index in [2.05, 4.69) is 15.0 Å². The highest BCUT2D eigenvalue weighted by Crippen LogP contribution is 2.31. The summed E-state index contributed by atoms with van der Waals surface area (Å²) in [5.41, 5.74) is 3.31. The number of carbonyl (C=O) groups excluding carboxylic acids is 1. The average Bonchev–Trinajstić information content (AvgIpc) is 2.67. The maximum atomic E-state index is 11.7. The summed E-state index contributed by atoms with van der Waals surface area (Å²) < 4.78 is 10.1. The highest BCUT2D eigenvalue weighted by molar-refractivity contribution is 5.91. The molecule has 0 amide bonds. The fourth-order valence-electron chi connectivity index (χ4n) is 2.31. The molecule has 0 fully saturated rings. The first kappa shape index (κ1) is 15.6. The lowest BCUT2D eigenvalue weighted by Gasteiger charge is -2.10. The van der Waals surface area contributed by atoms with Gasteiger partial charge in [0, 0.05) is 11.8 Å². The number of methoxy groups -OCH3 is 2. The van der Waals surface area contributed by atoms with Crippen molar-refractivity contribution < 1.29 is 14.3 Å². The third-order valence-electron chi connectivity index (χ3n) is 3.49. The van der Waals surface area contributed by atoms with Crippen LogP contribution in [-0.4, -0.2) is 35.1 Å². The van der Waals surface area contributed by atoms with E-state index in [1.807, 2.05) is 24.3 Å². The SMILES string of the molecule is COC(=O)c1ccc(-c2cc(-c3ccccn3)ncn2)c(OC)c1. The Balaban J connectivity index is 2.04. The second-order valence-electron chi connectivity index (χ2n) is 4.91. The Kier molecular flexibility index (Phi) is 4.47. The first-order valence-corrected chi connectivity index (χ1v) is 7.23. The van der Waals surface area contributed by atoms with E-state index in [9.17, 15) is 4.79 Å². The normalized spacial score (nSPS) is 10.2. The molecule has 6 nitrogen and oxygen atoms in total. The van der Waals surface area contributed by atoms with E-state index in [0.29, 0.717) is 22.7 Å². The Labute approximate surface area is 139 Å². The van der Waals surface area contributed by atoms with E-state index in [1.54, 1.807) is 31.5 Å². The molecule has 0 aliphatic heterocycles. The molecule has 0 aliphatic rings. The largest absolute Gasteiger partial charge is 0.496 e. The van der Waals surface area contributed by atoms with Crippen molar-refractivity contribution in [2.75, 3.05) is 14.2 Å². The molecule has 0 N–H and O–H groups in total. The van der Waals surface area contributed by atoms with Crippen LogP contribution in [0.2, 0.25) is 0 Å². The highest BCUT2D eigenvalue weighted by Gasteiger charge is 2.13. The molecule has 0 saturated heterocycles. The average molecular weight is 321 g/mol. The smallest absolute Gasteiger partial charge is 0.337 e. The predicted octanol–water partition coefficient (Wildman–Crippen LogP) is 3.00. The molecule has 24 heavy (non-hydrogen) atoms. The van der Waals surface area contributed by atoms with Gasteiger partial charge in [0.2, 0.25) is 0 Å². The van der Waals surface area contributed by atoms with Crippen molar-refractivity contribution in [3.8, 4) is 28.4 Å². The number of ether oxygens (including phenoxy) is 2. The monoisotopic (exact) mass is 321 g/mol. The lowest BCUT2D eigenvalue weighted by molar-refractivity contribution is 0.0600. The molecule has 2 aromatic heterocycles. The van der Waals surface area contributed by atoms with E-state index in [1.165, 1.54) is 13.4 Å². The second kappa shape index (κ2) is 6.87. The molecule has 0 spiro atoms. The van der Waals surface area contributed by atoms with E-state index < -0.39 is 5.97 Å². The van der Waals surface area contributed by atoms with Gasteiger partial charge in [-0.25, -0.2) is 14.8 Å². The lowest BCUT2D eigenvalue weighted by Crippen LogP contribution is -2.02. The molecule has 2 heterocycles. The zero-order valence-corrected chi connectivity index (χ0v) is 13.3. The Morgan fingerprint density at radius 3 is 2.46 bits per heavy atom. The van der Waals surface area contributed by atoms with Crippen LogP contribution in [-0.2, 0) is 4.74 Å². The van der Waals surface area contributed by atoms with E-state index in [4.69, 9.17) is 9.47 Å². The zero-order chi connectivity index (χ0) is 16.9. The van der Waals surface area contributed by atoms with Crippen LogP contribution in [0.4, 0.5) is 0 Å². The summed E-state index contributed by atoms with van der Waals surface area (Å²) in [5, 5.41) is 0. The Hall–Kier alpha value is -3.28. The fourth-order valence-corrected chi connectivity index (χ4v) is 2.31. The topological polar surface area (TPSA) is 74.2 Å². The van der Waals surface area contributed by atoms with Crippen LogP contribution in [0.25, 0.3) is 22.6 Å². The number of carbonyl (C=O) groups is 1. The van der Waals surface area contributed by atoms with Gasteiger partial charge < -0.3 is 9.47 Å². The Bertz CT molecular complexity index is 866. The maximum Gasteiger partial charge on any atom is 0.337 e. The fraction of sp³-hybridized carbons (Fsp3) is 0.111. The molecule has 3 aromatic rings. The zero-order valence-electron chi connectivity index (χ0n) is 13.3. The molecule has 0 radical (unpaired) electrons. The van der Waals surface area contributed by atoms with Gasteiger partial charge >= 0.3 is 5.97 Å². The minimum absolute atomic E-state index is 0.414. The van der Waals surface area contributed by atoms with Gasteiger partial charge in [0.1, 0.15) is 12.1 Å². The molecular weight excluding hydrogens is 306 g/mol. The molecule has 0 atom stereocenters. The molecule has 120 valence electrons. The standard InChI is InChI=1S/C18H15N3O3/c1-23-17-9-12(18(22)24-2)6-7-13(17)15-10-16(21-11-20-15)14-5-3-4-8-19-14/h3-11H,1-2H3. The summed E-state index contributed by atoms with van der Waals surface area (Å²) in [6, 6.07) is 12.5. The quantitative estimate of drug-likeness (QED) is 0.688. The van der Waals surface area contributed by atoms with Crippen molar-refractivity contribution >= 4 is 5.97 Å². The first-order valence-electron chi connectivity index (χ1n) is 7.23. The first-order chi connectivity index (χ1) is 11.7. The van der Waals surface area contributed by atoms with Crippen LogP contribution in [0.5, 0.6) is 5.75 Å². The van der Waals surface area contributed by atoms with Crippen molar-refractivity contribution in [1.29, 1.82) is 0 Å². The number of hydrogen-bond donors (Lipinski definition) is 0. The van der Waals surface area contributed by atoms with Gasteiger partial charge in [0.05, 0.1) is 36.9 Å². The number of nitrogens with zero attached hydrogens (tertiary/aromatic N) is 3. The highest BCUT2D eigenvalue weighted by atomic mass is 16.5. The number of pyridine rings is 1. The lowest BCUT2D eigenvalue weighted by atomic mass is 10.1. The van der Waals surface area contributed by atoms with Gasteiger partial charge in [-0.3, -0.25) is 4.98 Å². The third-order valence-corrected chi connectivity index (χ3v) is 3.49. The van der Waals surface area contributed by atoms with Gasteiger partial charge in [0.25, 0.3) is 0 Å². The van der Waals surface area contributed by atoms with Crippen LogP contribution in [0.15, 0.2) is 55.0 Å². The maximum absolute atomic E-state index is 11.7. The van der Waals surface area contributed by atoms with Crippen molar-refractivity contribution in [3.63, 3.8) is 0 Å². The Morgan fingerprint density at radius 1 is 0.917 bits per heavy atom. The minimum atomic E-state index is -0.420. The van der Waals surface area contributed by atoms with Gasteiger partial charge in [0.15, 0.2) is 0 Å². The van der Waals surface area contributed by atoms with Crippen molar-refractivity contribution in [2.24, 2.45) is 0 Å². The number of hydrogen-bond acceptors (Lipinski definition) is 6. The summed E-state index contributed by atoms with van der Waals surface area (Å²) >= 11 is 0. The van der Waals surface area contributed by atoms with Gasteiger partial charge in [-0.1, -0.05) is 6.07 Å². The van der Waals surface area contributed by atoms with Crippen molar-refractivity contribution in [3.05, 3.63) is 60.6 Å². The van der Waals surface area contributed by atoms with Gasteiger partial charge in [-0.2, -0.15) is 0 Å². The molecule has 0 aliphatic carbocycles. The summed E-state index contributed by atoms with van der Waals surface area (Å²) in [4.78, 5) is 24.5. The molecular formula is C18H15N3O3. The predicted molar refractivity (Wildman–Crippen MR) is 88.6 cm³/mol. The molecule has 1 aromatic carbocycles. The molecule has 0 bridgehead atoms. The van der Waals surface area contributed by atoms with Crippen LogP contribution < -0.4 is 4.74 Å². The third kappa shape index (κ3) is 3.08. The van der Waals surface area contributed by atoms with E-state index in [0.717, 1.165) is 11.3 Å². The molecule has 6 heteroatoms. The van der Waals surface area contributed by atoms with Crippen molar-refractivity contribution in [2.45, 2.75) is 0 Å². The molecule has 0 saturated carbocycles. The number of esters is 1. The second-order valence-corrected chi connectivity index (χ2v) is 4.91. The summed E-state index contributed by atoms with van der Waals surface area (Å²) in [7, 11) is 2.88. The van der Waals surface area contributed by atoms with Crippen LogP contribution in [0.1, 0.15) is 10.4 Å². The van der Waals surface area contributed by atoms with Crippen LogP contribution in [0.3, 0.4) is 0 Å².